The molecule has 6 nitrogen and oxygen atoms in total. The molecule has 2 aromatic rings. The molecule has 0 fully saturated rings. The number of aliphatic imine (C=N–C) groups is 1. The number of halogens is 1. The highest BCUT2D eigenvalue weighted by molar-refractivity contribution is 7.89. The largest absolute Gasteiger partial charge is 0.357 e. The summed E-state index contributed by atoms with van der Waals surface area (Å²) >= 11 is 0. The van der Waals surface area contributed by atoms with Crippen molar-refractivity contribution in [1.82, 2.24) is 10.2 Å². The molecule has 8 heteroatoms. The van der Waals surface area contributed by atoms with E-state index in [-0.39, 0.29) is 10.7 Å². The minimum atomic E-state index is -3.74. The first-order valence-corrected chi connectivity index (χ1v) is 9.70. The summed E-state index contributed by atoms with van der Waals surface area (Å²) < 4.78 is 35.9. The van der Waals surface area contributed by atoms with E-state index in [9.17, 15) is 12.8 Å². The molecule has 0 heterocycles. The van der Waals surface area contributed by atoms with Gasteiger partial charge in [0.15, 0.2) is 5.96 Å². The van der Waals surface area contributed by atoms with Crippen molar-refractivity contribution in [3.63, 3.8) is 0 Å². The van der Waals surface area contributed by atoms with Crippen LogP contribution in [0.15, 0.2) is 58.4 Å². The second-order valence-electron chi connectivity index (χ2n) is 5.85. The monoisotopic (exact) mass is 378 g/mol. The number of nitrogens with zero attached hydrogens (tertiary/aromatic N) is 2. The highest BCUT2D eigenvalue weighted by atomic mass is 32.2. The molecule has 0 unspecified atom stereocenters. The van der Waals surface area contributed by atoms with Gasteiger partial charge in [-0.3, -0.25) is 0 Å². The van der Waals surface area contributed by atoms with Crippen LogP contribution in [-0.2, 0) is 23.1 Å². The Morgan fingerprint density at radius 2 is 1.88 bits per heavy atom. The fraction of sp³-hybridized carbons (Fsp3) is 0.278. The molecular formula is C18H23FN4O2S. The summed E-state index contributed by atoms with van der Waals surface area (Å²) in [6.45, 7) is 3.51. The summed E-state index contributed by atoms with van der Waals surface area (Å²) in [5.41, 5.74) is 1.69. The number of rotatable bonds is 6. The van der Waals surface area contributed by atoms with E-state index in [0.29, 0.717) is 25.6 Å². The normalized spacial score (nSPS) is 12.1. The van der Waals surface area contributed by atoms with Crippen molar-refractivity contribution in [1.29, 1.82) is 0 Å². The molecule has 0 amide bonds. The SMILES string of the molecule is CCNC(=NCc1cccc(S(N)(=O)=O)c1)N(C)Cc1ccc(F)cc1. The summed E-state index contributed by atoms with van der Waals surface area (Å²) in [5.74, 6) is 0.393. The van der Waals surface area contributed by atoms with Gasteiger partial charge in [-0.1, -0.05) is 24.3 Å². The minimum absolute atomic E-state index is 0.0647. The fourth-order valence-electron chi connectivity index (χ4n) is 2.40. The predicted octanol–water partition coefficient (Wildman–Crippen LogP) is 2.07. The van der Waals surface area contributed by atoms with E-state index in [2.05, 4.69) is 10.3 Å². The number of benzene rings is 2. The van der Waals surface area contributed by atoms with Crippen LogP contribution in [0, 0.1) is 5.82 Å². The molecule has 0 saturated heterocycles. The van der Waals surface area contributed by atoms with Gasteiger partial charge in [0.05, 0.1) is 11.4 Å². The molecule has 0 aromatic heterocycles. The Morgan fingerprint density at radius 3 is 2.50 bits per heavy atom. The number of hydrogen-bond donors (Lipinski definition) is 2. The number of guanidine groups is 1. The zero-order chi connectivity index (χ0) is 19.2. The Labute approximate surface area is 153 Å². The van der Waals surface area contributed by atoms with Gasteiger partial charge in [0, 0.05) is 20.1 Å². The predicted molar refractivity (Wildman–Crippen MR) is 100 cm³/mol. The van der Waals surface area contributed by atoms with Crippen LogP contribution in [0.1, 0.15) is 18.1 Å². The Morgan fingerprint density at radius 1 is 1.19 bits per heavy atom. The molecule has 0 radical (unpaired) electrons. The van der Waals surface area contributed by atoms with E-state index < -0.39 is 10.0 Å². The third kappa shape index (κ3) is 5.82. The van der Waals surface area contributed by atoms with Crippen molar-refractivity contribution >= 4 is 16.0 Å². The van der Waals surface area contributed by atoms with E-state index in [0.717, 1.165) is 11.1 Å². The van der Waals surface area contributed by atoms with Crippen molar-refractivity contribution in [3.05, 3.63) is 65.5 Å². The molecule has 0 aliphatic rings. The van der Waals surface area contributed by atoms with Crippen LogP contribution < -0.4 is 10.5 Å². The molecule has 0 atom stereocenters. The van der Waals surface area contributed by atoms with Gasteiger partial charge >= 0.3 is 0 Å². The van der Waals surface area contributed by atoms with Crippen molar-refractivity contribution in [2.75, 3.05) is 13.6 Å². The van der Waals surface area contributed by atoms with Crippen LogP contribution in [-0.4, -0.2) is 32.9 Å². The van der Waals surface area contributed by atoms with Crippen LogP contribution >= 0.6 is 0 Å². The number of hydrogen-bond acceptors (Lipinski definition) is 3. The minimum Gasteiger partial charge on any atom is -0.357 e. The van der Waals surface area contributed by atoms with Crippen molar-refractivity contribution < 1.29 is 12.8 Å². The first kappa shape index (κ1) is 19.9. The summed E-state index contributed by atoms with van der Waals surface area (Å²) in [6.07, 6.45) is 0. The van der Waals surface area contributed by atoms with Crippen molar-refractivity contribution in [2.24, 2.45) is 10.1 Å². The third-order valence-electron chi connectivity index (χ3n) is 3.67. The molecule has 0 bridgehead atoms. The lowest BCUT2D eigenvalue weighted by molar-refractivity contribution is 0.476. The average Bonchev–Trinajstić information content (AvgIpc) is 2.60. The second kappa shape index (κ2) is 8.77. The average molecular weight is 378 g/mol. The molecule has 0 aliphatic carbocycles. The van der Waals surface area contributed by atoms with Gasteiger partial charge in [-0.15, -0.1) is 0 Å². The lowest BCUT2D eigenvalue weighted by Crippen LogP contribution is -2.38. The van der Waals surface area contributed by atoms with Gasteiger partial charge in [-0.05, 0) is 42.3 Å². The highest BCUT2D eigenvalue weighted by Crippen LogP contribution is 2.11. The summed E-state index contributed by atoms with van der Waals surface area (Å²) in [6, 6.07) is 12.7. The van der Waals surface area contributed by atoms with Crippen molar-refractivity contribution in [3.8, 4) is 0 Å². The molecule has 26 heavy (non-hydrogen) atoms. The summed E-state index contributed by atoms with van der Waals surface area (Å²) in [7, 11) is -1.86. The van der Waals surface area contributed by atoms with E-state index >= 15 is 0 Å². The summed E-state index contributed by atoms with van der Waals surface area (Å²) in [4.78, 5) is 6.52. The first-order chi connectivity index (χ1) is 12.3. The van der Waals surface area contributed by atoms with Crippen LogP contribution in [0.3, 0.4) is 0 Å². The van der Waals surface area contributed by atoms with Crippen molar-refractivity contribution in [2.45, 2.75) is 24.9 Å². The Hall–Kier alpha value is -2.45. The van der Waals surface area contributed by atoms with E-state index in [1.165, 1.54) is 24.3 Å². The standard InChI is InChI=1S/C18H23FN4O2S/c1-3-21-18(23(2)13-14-7-9-16(19)10-8-14)22-12-15-5-4-6-17(11-15)26(20,24)25/h4-11H,3,12-13H2,1-2H3,(H,21,22)(H2,20,24,25). The van der Waals surface area contributed by atoms with Crippen LogP contribution in [0.4, 0.5) is 4.39 Å². The molecule has 3 N–H and O–H groups in total. The zero-order valence-electron chi connectivity index (χ0n) is 14.8. The highest BCUT2D eigenvalue weighted by Gasteiger charge is 2.09. The van der Waals surface area contributed by atoms with E-state index in [1.807, 2.05) is 18.9 Å². The lowest BCUT2D eigenvalue weighted by Gasteiger charge is -2.22. The van der Waals surface area contributed by atoms with Gasteiger partial charge < -0.3 is 10.2 Å². The Balaban J connectivity index is 2.14. The van der Waals surface area contributed by atoms with E-state index in [4.69, 9.17) is 5.14 Å². The molecule has 0 saturated carbocycles. The first-order valence-electron chi connectivity index (χ1n) is 8.15. The maximum Gasteiger partial charge on any atom is 0.238 e. The quantitative estimate of drug-likeness (QED) is 0.595. The molecule has 0 spiro atoms. The topological polar surface area (TPSA) is 87.8 Å². The molecule has 140 valence electrons. The maximum atomic E-state index is 13.0. The number of sulfonamides is 1. The molecular weight excluding hydrogens is 355 g/mol. The van der Waals surface area contributed by atoms with Gasteiger partial charge in [0.1, 0.15) is 5.82 Å². The van der Waals surface area contributed by atoms with E-state index in [1.54, 1.807) is 24.3 Å². The van der Waals surface area contributed by atoms with Gasteiger partial charge in [-0.25, -0.2) is 22.9 Å². The summed E-state index contributed by atoms with van der Waals surface area (Å²) in [5, 5.41) is 8.35. The smallest absolute Gasteiger partial charge is 0.238 e. The zero-order valence-corrected chi connectivity index (χ0v) is 15.6. The molecule has 0 aliphatic heterocycles. The van der Waals surface area contributed by atoms with Gasteiger partial charge in [0.2, 0.25) is 10.0 Å². The Bertz CT molecular complexity index is 867. The lowest BCUT2D eigenvalue weighted by atomic mass is 10.2. The third-order valence-corrected chi connectivity index (χ3v) is 4.58. The number of nitrogens with one attached hydrogen (secondary N) is 1. The molecule has 2 aromatic carbocycles. The van der Waals surface area contributed by atoms with Crippen LogP contribution in [0.5, 0.6) is 0 Å². The van der Waals surface area contributed by atoms with Gasteiger partial charge in [0.25, 0.3) is 0 Å². The fourth-order valence-corrected chi connectivity index (χ4v) is 2.98. The van der Waals surface area contributed by atoms with Crippen LogP contribution in [0.2, 0.25) is 0 Å². The van der Waals surface area contributed by atoms with Gasteiger partial charge in [-0.2, -0.15) is 0 Å². The maximum absolute atomic E-state index is 13.0. The van der Waals surface area contributed by atoms with Crippen LogP contribution in [0.25, 0.3) is 0 Å². The number of nitrogens with two attached hydrogens (primary N) is 1. The molecule has 2 rings (SSSR count). The number of primary sulfonamides is 1. The second-order valence-corrected chi connectivity index (χ2v) is 7.41. The Kier molecular flexibility index (Phi) is 6.70.